The summed E-state index contributed by atoms with van der Waals surface area (Å²) in [6.07, 6.45) is 3.14. The van der Waals surface area contributed by atoms with Gasteiger partial charge in [-0.1, -0.05) is 31.0 Å². The van der Waals surface area contributed by atoms with Crippen LogP contribution in [0.3, 0.4) is 0 Å². The van der Waals surface area contributed by atoms with Gasteiger partial charge in [-0.3, -0.25) is 9.69 Å². The molecule has 2 fully saturated rings. The highest BCUT2D eigenvalue weighted by Crippen LogP contribution is 2.45. The fourth-order valence-corrected chi connectivity index (χ4v) is 3.39. The minimum atomic E-state index is -0.834. The van der Waals surface area contributed by atoms with Gasteiger partial charge in [-0.2, -0.15) is 0 Å². The monoisotopic (exact) mass is 274 g/mol. The van der Waals surface area contributed by atoms with Gasteiger partial charge in [0.05, 0.1) is 5.41 Å². The van der Waals surface area contributed by atoms with Crippen LogP contribution in [-0.4, -0.2) is 30.2 Å². The van der Waals surface area contributed by atoms with Gasteiger partial charge in [0, 0.05) is 18.8 Å². The van der Waals surface area contributed by atoms with Crippen LogP contribution in [0.25, 0.3) is 0 Å². The van der Waals surface area contributed by atoms with Crippen molar-refractivity contribution in [2.45, 2.75) is 31.1 Å². The molecule has 1 saturated heterocycles. The van der Waals surface area contributed by atoms with Crippen LogP contribution in [-0.2, 0) is 10.2 Å². The van der Waals surface area contributed by atoms with Crippen LogP contribution in [0.15, 0.2) is 24.3 Å². The SMILES string of the molecule is O=C1NCCN1c1ccccc1C1(C(=O)O)CCCC1. The number of carboxylic acid groups (broad SMARTS) is 1. The average molecular weight is 274 g/mol. The minimum absolute atomic E-state index is 0.143. The maximum atomic E-state index is 11.9. The van der Waals surface area contributed by atoms with Crippen LogP contribution in [0.2, 0.25) is 0 Å². The highest BCUT2D eigenvalue weighted by Gasteiger charge is 2.45. The number of amides is 2. The highest BCUT2D eigenvalue weighted by molar-refractivity contribution is 5.96. The molecule has 2 amide bonds. The molecule has 2 aliphatic rings. The first kappa shape index (κ1) is 13.0. The van der Waals surface area contributed by atoms with Gasteiger partial charge in [-0.25, -0.2) is 4.79 Å². The van der Waals surface area contributed by atoms with Gasteiger partial charge in [0.2, 0.25) is 0 Å². The molecular weight excluding hydrogens is 256 g/mol. The molecule has 106 valence electrons. The van der Waals surface area contributed by atoms with Crippen molar-refractivity contribution in [3.05, 3.63) is 29.8 Å². The number of aliphatic carboxylic acids is 1. The van der Waals surface area contributed by atoms with Crippen molar-refractivity contribution in [2.24, 2.45) is 0 Å². The lowest BCUT2D eigenvalue weighted by Crippen LogP contribution is -2.36. The molecule has 20 heavy (non-hydrogen) atoms. The molecule has 0 radical (unpaired) electrons. The summed E-state index contributed by atoms with van der Waals surface area (Å²) < 4.78 is 0. The number of urea groups is 1. The van der Waals surface area contributed by atoms with Crippen molar-refractivity contribution in [3.63, 3.8) is 0 Å². The molecular formula is C15H18N2O3. The minimum Gasteiger partial charge on any atom is -0.481 e. The Morgan fingerprint density at radius 3 is 2.55 bits per heavy atom. The molecule has 1 heterocycles. The fraction of sp³-hybridized carbons (Fsp3) is 0.467. The third-order valence-electron chi connectivity index (χ3n) is 4.43. The zero-order valence-electron chi connectivity index (χ0n) is 11.3. The predicted molar refractivity (Wildman–Crippen MR) is 75.0 cm³/mol. The third kappa shape index (κ3) is 1.85. The van der Waals surface area contributed by atoms with Crippen molar-refractivity contribution in [1.82, 2.24) is 5.32 Å². The van der Waals surface area contributed by atoms with Gasteiger partial charge in [-0.15, -0.1) is 0 Å². The summed E-state index contributed by atoms with van der Waals surface area (Å²) in [5.74, 6) is -0.776. The van der Waals surface area contributed by atoms with Gasteiger partial charge in [0.1, 0.15) is 0 Å². The number of carbonyl (C=O) groups is 2. The third-order valence-corrected chi connectivity index (χ3v) is 4.43. The summed E-state index contributed by atoms with van der Waals surface area (Å²) in [6.45, 7) is 1.19. The first-order valence-corrected chi connectivity index (χ1v) is 7.03. The molecule has 1 aromatic carbocycles. The molecule has 0 spiro atoms. The number of hydrogen-bond donors (Lipinski definition) is 2. The molecule has 1 saturated carbocycles. The van der Waals surface area contributed by atoms with E-state index in [4.69, 9.17) is 0 Å². The van der Waals surface area contributed by atoms with E-state index in [9.17, 15) is 14.7 Å². The number of nitrogens with one attached hydrogen (secondary N) is 1. The lowest BCUT2D eigenvalue weighted by atomic mass is 9.78. The van der Waals surface area contributed by atoms with Gasteiger partial charge >= 0.3 is 12.0 Å². The number of rotatable bonds is 3. The van der Waals surface area contributed by atoms with Crippen LogP contribution in [0, 0.1) is 0 Å². The van der Waals surface area contributed by atoms with E-state index in [-0.39, 0.29) is 6.03 Å². The zero-order chi connectivity index (χ0) is 14.2. The maximum Gasteiger partial charge on any atom is 0.322 e. The van der Waals surface area contributed by atoms with Crippen LogP contribution in [0.1, 0.15) is 31.2 Å². The Morgan fingerprint density at radius 2 is 1.95 bits per heavy atom. The number of para-hydroxylation sites is 1. The second-order valence-corrected chi connectivity index (χ2v) is 5.50. The summed E-state index contributed by atoms with van der Waals surface area (Å²) in [7, 11) is 0. The Bertz CT molecular complexity index is 550. The van der Waals surface area contributed by atoms with Crippen molar-refractivity contribution >= 4 is 17.7 Å². The van der Waals surface area contributed by atoms with E-state index >= 15 is 0 Å². The van der Waals surface area contributed by atoms with E-state index in [1.54, 1.807) is 4.90 Å². The van der Waals surface area contributed by atoms with Crippen molar-refractivity contribution in [3.8, 4) is 0 Å². The Balaban J connectivity index is 2.09. The van der Waals surface area contributed by atoms with E-state index in [1.807, 2.05) is 24.3 Å². The molecule has 1 aliphatic carbocycles. The number of benzene rings is 1. The first-order chi connectivity index (χ1) is 9.65. The first-order valence-electron chi connectivity index (χ1n) is 7.03. The molecule has 2 N–H and O–H groups in total. The molecule has 0 bridgehead atoms. The van der Waals surface area contributed by atoms with Crippen LogP contribution in [0.4, 0.5) is 10.5 Å². The smallest absolute Gasteiger partial charge is 0.322 e. The molecule has 0 atom stereocenters. The highest BCUT2D eigenvalue weighted by atomic mass is 16.4. The van der Waals surface area contributed by atoms with Crippen molar-refractivity contribution in [1.29, 1.82) is 0 Å². The average Bonchev–Trinajstić information content (AvgIpc) is 3.08. The van der Waals surface area contributed by atoms with E-state index in [0.29, 0.717) is 25.9 Å². The summed E-state index contributed by atoms with van der Waals surface area (Å²) >= 11 is 0. The number of anilines is 1. The van der Waals surface area contributed by atoms with Crippen molar-refractivity contribution in [2.75, 3.05) is 18.0 Å². The number of carbonyl (C=O) groups excluding carboxylic acids is 1. The van der Waals surface area contributed by atoms with E-state index in [0.717, 1.165) is 24.1 Å². The molecule has 3 rings (SSSR count). The van der Waals surface area contributed by atoms with Crippen LogP contribution in [0.5, 0.6) is 0 Å². The van der Waals surface area contributed by atoms with Gasteiger partial charge < -0.3 is 10.4 Å². The van der Waals surface area contributed by atoms with Crippen molar-refractivity contribution < 1.29 is 14.7 Å². The summed E-state index contributed by atoms with van der Waals surface area (Å²) in [6, 6.07) is 7.28. The van der Waals surface area contributed by atoms with Gasteiger partial charge in [0.25, 0.3) is 0 Å². The molecule has 5 heteroatoms. The standard InChI is InChI=1S/C15H18N2O3/c18-13(19)15(7-3-4-8-15)11-5-1-2-6-12(11)17-10-9-16-14(17)20/h1-2,5-6H,3-4,7-10H2,(H,16,20)(H,18,19). The molecule has 5 nitrogen and oxygen atoms in total. The lowest BCUT2D eigenvalue weighted by molar-refractivity contribution is -0.143. The topological polar surface area (TPSA) is 69.6 Å². The summed E-state index contributed by atoms with van der Waals surface area (Å²) in [5, 5.41) is 12.5. The number of hydrogen-bond acceptors (Lipinski definition) is 2. The second kappa shape index (κ2) is 4.81. The lowest BCUT2D eigenvalue weighted by Gasteiger charge is -2.29. The molecule has 0 aromatic heterocycles. The second-order valence-electron chi connectivity index (χ2n) is 5.50. The molecule has 0 unspecified atom stereocenters. The van der Waals surface area contributed by atoms with Crippen LogP contribution >= 0.6 is 0 Å². The van der Waals surface area contributed by atoms with E-state index in [1.165, 1.54) is 0 Å². The van der Waals surface area contributed by atoms with Crippen LogP contribution < -0.4 is 10.2 Å². The molecule has 1 aromatic rings. The number of carboxylic acids is 1. The van der Waals surface area contributed by atoms with E-state index in [2.05, 4.69) is 5.32 Å². The Hall–Kier alpha value is -2.04. The van der Waals surface area contributed by atoms with Gasteiger partial charge in [-0.05, 0) is 24.5 Å². The zero-order valence-corrected chi connectivity index (χ0v) is 11.3. The quantitative estimate of drug-likeness (QED) is 0.887. The Labute approximate surface area is 117 Å². The summed E-state index contributed by atoms with van der Waals surface area (Å²) in [4.78, 5) is 25.4. The Kier molecular flexibility index (Phi) is 3.12. The normalized spacial score (nSPS) is 21.0. The van der Waals surface area contributed by atoms with Gasteiger partial charge in [0.15, 0.2) is 0 Å². The predicted octanol–water partition coefficient (Wildman–Crippen LogP) is 2.11. The summed E-state index contributed by atoms with van der Waals surface area (Å²) in [5.41, 5.74) is 0.688. The Morgan fingerprint density at radius 1 is 1.25 bits per heavy atom. The largest absolute Gasteiger partial charge is 0.481 e. The fourth-order valence-electron chi connectivity index (χ4n) is 3.39. The van der Waals surface area contributed by atoms with E-state index < -0.39 is 11.4 Å². The number of nitrogens with zero attached hydrogens (tertiary/aromatic N) is 1. The maximum absolute atomic E-state index is 11.9. The molecule has 1 aliphatic heterocycles.